The van der Waals surface area contributed by atoms with Gasteiger partial charge in [-0.25, -0.2) is 0 Å². The van der Waals surface area contributed by atoms with Gasteiger partial charge in [0, 0.05) is 5.56 Å². The van der Waals surface area contributed by atoms with Crippen LogP contribution < -0.4 is 0 Å². The number of rotatable bonds is 3. The zero-order valence-corrected chi connectivity index (χ0v) is 11.2. The van der Waals surface area contributed by atoms with E-state index in [0.29, 0.717) is 0 Å². The maximum atomic E-state index is 11.4. The molecule has 2 aromatic carbocycles. The first-order valence-electron chi connectivity index (χ1n) is 6.21. The van der Waals surface area contributed by atoms with E-state index in [1.807, 2.05) is 19.1 Å². The van der Waals surface area contributed by atoms with Gasteiger partial charge in [-0.2, -0.15) is 0 Å². The molecule has 0 amide bonds. The van der Waals surface area contributed by atoms with E-state index in [4.69, 9.17) is 0 Å². The van der Waals surface area contributed by atoms with Crippen LogP contribution in [0.3, 0.4) is 0 Å². The van der Waals surface area contributed by atoms with Crippen LogP contribution in [0.25, 0.3) is 0 Å². The SMILES string of the molecule is CC(=O)c1cc(C)cc(Cc2ccc(C)cc2)c1. The van der Waals surface area contributed by atoms with Crippen LogP contribution in [-0.2, 0) is 6.42 Å². The predicted molar refractivity (Wildman–Crippen MR) is 75.2 cm³/mol. The van der Waals surface area contributed by atoms with Gasteiger partial charge in [0.1, 0.15) is 0 Å². The molecule has 0 aliphatic heterocycles. The summed E-state index contributed by atoms with van der Waals surface area (Å²) in [6, 6.07) is 14.6. The number of benzene rings is 2. The van der Waals surface area contributed by atoms with Crippen molar-refractivity contribution in [3.63, 3.8) is 0 Å². The van der Waals surface area contributed by atoms with E-state index < -0.39 is 0 Å². The van der Waals surface area contributed by atoms with Gasteiger partial charge in [-0.1, -0.05) is 41.5 Å². The smallest absolute Gasteiger partial charge is 0.159 e. The second-order valence-electron chi connectivity index (χ2n) is 4.93. The van der Waals surface area contributed by atoms with Gasteiger partial charge in [-0.15, -0.1) is 0 Å². The molecule has 0 saturated heterocycles. The summed E-state index contributed by atoms with van der Waals surface area (Å²) < 4.78 is 0. The summed E-state index contributed by atoms with van der Waals surface area (Å²) in [6.45, 7) is 5.74. The van der Waals surface area contributed by atoms with Crippen molar-refractivity contribution in [2.45, 2.75) is 27.2 Å². The molecule has 92 valence electrons. The molecule has 1 heteroatoms. The summed E-state index contributed by atoms with van der Waals surface area (Å²) in [4.78, 5) is 11.4. The molecule has 1 nitrogen and oxygen atoms in total. The maximum Gasteiger partial charge on any atom is 0.159 e. The number of carbonyl (C=O) groups excluding carboxylic acids is 1. The summed E-state index contributed by atoms with van der Waals surface area (Å²) in [6.07, 6.45) is 0.877. The van der Waals surface area contributed by atoms with Gasteiger partial charge in [-0.3, -0.25) is 4.79 Å². The molecule has 0 heterocycles. The number of aryl methyl sites for hydroxylation is 2. The largest absolute Gasteiger partial charge is 0.295 e. The molecular formula is C17H18O. The molecule has 0 spiro atoms. The molecule has 0 radical (unpaired) electrons. The van der Waals surface area contributed by atoms with E-state index in [9.17, 15) is 4.79 Å². The summed E-state index contributed by atoms with van der Waals surface area (Å²) in [7, 11) is 0. The van der Waals surface area contributed by atoms with Gasteiger partial charge in [0.05, 0.1) is 0 Å². The van der Waals surface area contributed by atoms with Gasteiger partial charge >= 0.3 is 0 Å². The van der Waals surface area contributed by atoms with Crippen LogP contribution >= 0.6 is 0 Å². The van der Waals surface area contributed by atoms with Gasteiger partial charge < -0.3 is 0 Å². The van der Waals surface area contributed by atoms with Crippen molar-refractivity contribution in [1.29, 1.82) is 0 Å². The number of hydrogen-bond donors (Lipinski definition) is 0. The molecular weight excluding hydrogens is 220 g/mol. The molecule has 0 aromatic heterocycles. The fourth-order valence-corrected chi connectivity index (χ4v) is 2.11. The fourth-order valence-electron chi connectivity index (χ4n) is 2.11. The first-order chi connectivity index (χ1) is 8.54. The van der Waals surface area contributed by atoms with E-state index in [2.05, 4.69) is 37.3 Å². The summed E-state index contributed by atoms with van der Waals surface area (Å²) in [5.74, 6) is 0.129. The second kappa shape index (κ2) is 5.18. The summed E-state index contributed by atoms with van der Waals surface area (Å²) >= 11 is 0. The minimum Gasteiger partial charge on any atom is -0.295 e. The van der Waals surface area contributed by atoms with Gasteiger partial charge in [0.25, 0.3) is 0 Å². The van der Waals surface area contributed by atoms with Crippen LogP contribution in [0.1, 0.15) is 39.5 Å². The molecule has 0 bridgehead atoms. The molecule has 18 heavy (non-hydrogen) atoms. The van der Waals surface area contributed by atoms with Crippen LogP contribution in [0.15, 0.2) is 42.5 Å². The maximum absolute atomic E-state index is 11.4. The molecule has 0 atom stereocenters. The van der Waals surface area contributed by atoms with Crippen molar-refractivity contribution >= 4 is 5.78 Å². The van der Waals surface area contributed by atoms with Crippen LogP contribution in [0.2, 0.25) is 0 Å². The highest BCUT2D eigenvalue weighted by Gasteiger charge is 2.03. The van der Waals surface area contributed by atoms with Gasteiger partial charge in [0.15, 0.2) is 5.78 Å². The van der Waals surface area contributed by atoms with E-state index in [0.717, 1.165) is 17.5 Å². The van der Waals surface area contributed by atoms with Crippen molar-refractivity contribution < 1.29 is 4.79 Å². The van der Waals surface area contributed by atoms with Crippen LogP contribution in [0.4, 0.5) is 0 Å². The van der Waals surface area contributed by atoms with E-state index in [1.165, 1.54) is 16.7 Å². The standard InChI is InChI=1S/C17H18O/c1-12-4-6-15(7-5-12)10-16-8-13(2)9-17(11-16)14(3)18/h4-9,11H,10H2,1-3H3. The quantitative estimate of drug-likeness (QED) is 0.736. The second-order valence-corrected chi connectivity index (χ2v) is 4.93. The Bertz CT molecular complexity index is 565. The predicted octanol–water partition coefficient (Wildman–Crippen LogP) is 4.10. The van der Waals surface area contributed by atoms with Crippen molar-refractivity contribution in [2.24, 2.45) is 0 Å². The van der Waals surface area contributed by atoms with Crippen molar-refractivity contribution in [3.8, 4) is 0 Å². The molecule has 0 aliphatic carbocycles. The monoisotopic (exact) mass is 238 g/mol. The third kappa shape index (κ3) is 3.07. The van der Waals surface area contributed by atoms with E-state index in [-0.39, 0.29) is 5.78 Å². The number of ketones is 1. The summed E-state index contributed by atoms with van der Waals surface area (Å²) in [5.41, 5.74) is 5.69. The minimum absolute atomic E-state index is 0.129. The fraction of sp³-hybridized carbons (Fsp3) is 0.235. The van der Waals surface area contributed by atoms with E-state index in [1.54, 1.807) is 6.92 Å². The van der Waals surface area contributed by atoms with Gasteiger partial charge in [0.2, 0.25) is 0 Å². The Hall–Kier alpha value is -1.89. The number of Topliss-reactive ketones (excluding diaryl/α,β-unsaturated/α-hetero) is 1. The Balaban J connectivity index is 2.28. The van der Waals surface area contributed by atoms with E-state index >= 15 is 0 Å². The first-order valence-corrected chi connectivity index (χ1v) is 6.21. The Kier molecular flexibility index (Phi) is 3.61. The van der Waals surface area contributed by atoms with Crippen LogP contribution in [0.5, 0.6) is 0 Å². The first kappa shape index (κ1) is 12.6. The average molecular weight is 238 g/mol. The molecule has 2 rings (SSSR count). The topological polar surface area (TPSA) is 17.1 Å². The van der Waals surface area contributed by atoms with Gasteiger partial charge in [-0.05, 0) is 50.5 Å². The molecule has 0 aliphatic rings. The number of hydrogen-bond acceptors (Lipinski definition) is 1. The van der Waals surface area contributed by atoms with Crippen LogP contribution in [-0.4, -0.2) is 5.78 Å². The Morgan fingerprint density at radius 1 is 0.889 bits per heavy atom. The van der Waals surface area contributed by atoms with Crippen molar-refractivity contribution in [2.75, 3.05) is 0 Å². The van der Waals surface area contributed by atoms with Crippen LogP contribution in [0, 0.1) is 13.8 Å². The third-order valence-corrected chi connectivity index (χ3v) is 3.07. The van der Waals surface area contributed by atoms with Crippen molar-refractivity contribution in [1.82, 2.24) is 0 Å². The highest BCUT2D eigenvalue weighted by molar-refractivity contribution is 5.94. The minimum atomic E-state index is 0.129. The zero-order valence-electron chi connectivity index (χ0n) is 11.2. The Morgan fingerprint density at radius 3 is 2.17 bits per heavy atom. The highest BCUT2D eigenvalue weighted by atomic mass is 16.1. The molecule has 0 saturated carbocycles. The molecule has 0 N–H and O–H groups in total. The Labute approximate surface area is 108 Å². The highest BCUT2D eigenvalue weighted by Crippen LogP contribution is 2.15. The third-order valence-electron chi connectivity index (χ3n) is 3.07. The normalized spacial score (nSPS) is 10.4. The molecule has 0 fully saturated rings. The average Bonchev–Trinajstić information content (AvgIpc) is 2.31. The lowest BCUT2D eigenvalue weighted by Gasteiger charge is -2.06. The number of carbonyl (C=O) groups is 1. The lowest BCUT2D eigenvalue weighted by atomic mass is 9.98. The van der Waals surface area contributed by atoms with Crippen molar-refractivity contribution in [3.05, 3.63) is 70.3 Å². The summed E-state index contributed by atoms with van der Waals surface area (Å²) in [5, 5.41) is 0. The lowest BCUT2D eigenvalue weighted by molar-refractivity contribution is 0.101. The molecule has 0 unspecified atom stereocenters. The Morgan fingerprint density at radius 2 is 1.56 bits per heavy atom. The molecule has 2 aromatic rings. The zero-order chi connectivity index (χ0) is 13.1. The lowest BCUT2D eigenvalue weighted by Crippen LogP contribution is -1.97.